The van der Waals surface area contributed by atoms with Crippen LogP contribution in [-0.2, 0) is 39.6 Å². The average Bonchev–Trinajstić information content (AvgIpc) is 3.10. The topological polar surface area (TPSA) is 111 Å². The number of pyridine rings is 2. The molecule has 30 heavy (non-hydrogen) atoms. The van der Waals surface area contributed by atoms with Crippen LogP contribution in [0, 0.1) is 0 Å². The lowest BCUT2D eigenvalue weighted by atomic mass is 9.86. The van der Waals surface area contributed by atoms with Gasteiger partial charge in [-0.3, -0.25) is 4.79 Å². The molecule has 2 aromatic heterocycles. The Morgan fingerprint density at radius 1 is 1.30 bits per heavy atom. The van der Waals surface area contributed by atoms with E-state index in [1.165, 1.54) is 0 Å². The first-order valence-corrected chi connectivity index (χ1v) is 9.69. The van der Waals surface area contributed by atoms with Crippen molar-refractivity contribution in [2.24, 2.45) is 0 Å². The summed E-state index contributed by atoms with van der Waals surface area (Å²) in [5, 5.41) is 21.9. The van der Waals surface area contributed by atoms with E-state index in [-0.39, 0.29) is 42.1 Å². The SMILES string of the molecule is CC[C@@]1(O)C(=O)OCc2c1cc1n(c2=O)Cc2cc3c(COC)c(O)ccc3nc2-1. The first kappa shape index (κ1) is 18.8. The van der Waals surface area contributed by atoms with Crippen molar-refractivity contribution in [2.45, 2.75) is 38.7 Å². The van der Waals surface area contributed by atoms with Crippen molar-refractivity contribution >= 4 is 16.9 Å². The fourth-order valence-corrected chi connectivity index (χ4v) is 4.40. The van der Waals surface area contributed by atoms with Crippen LogP contribution in [0.4, 0.5) is 0 Å². The third-order valence-electron chi connectivity index (χ3n) is 6.07. The van der Waals surface area contributed by atoms with Gasteiger partial charge in [0.25, 0.3) is 5.56 Å². The van der Waals surface area contributed by atoms with Gasteiger partial charge < -0.3 is 24.3 Å². The minimum Gasteiger partial charge on any atom is -0.508 e. The summed E-state index contributed by atoms with van der Waals surface area (Å²) in [6.45, 7) is 2.05. The molecule has 5 rings (SSSR count). The number of phenols is 1. The van der Waals surface area contributed by atoms with Gasteiger partial charge in [-0.25, -0.2) is 9.78 Å². The van der Waals surface area contributed by atoms with Gasteiger partial charge in [-0.2, -0.15) is 0 Å². The zero-order valence-corrected chi connectivity index (χ0v) is 16.6. The van der Waals surface area contributed by atoms with Gasteiger partial charge in [0.15, 0.2) is 5.60 Å². The number of esters is 1. The Hall–Kier alpha value is -3.23. The van der Waals surface area contributed by atoms with Crippen LogP contribution in [0.2, 0.25) is 0 Å². The molecule has 4 heterocycles. The Bertz CT molecular complexity index is 1300. The Morgan fingerprint density at radius 3 is 2.83 bits per heavy atom. The lowest BCUT2D eigenvalue weighted by Gasteiger charge is -2.31. The van der Waals surface area contributed by atoms with Gasteiger partial charge in [-0.1, -0.05) is 6.92 Å². The molecule has 8 heteroatoms. The number of carbonyl (C=O) groups is 1. The standard InChI is InChI=1S/C22H20N2O6/c1-3-22(28)15-7-17-19-11(8-24(17)20(26)14(15)10-30-21(22)27)6-12-13(9-29-2)18(25)5-4-16(12)23-19/h4-7,25,28H,3,8-10H2,1-2H3/t22-/m0/s1. The molecule has 0 bridgehead atoms. The molecule has 3 aromatic rings. The number of aromatic hydroxyl groups is 1. The van der Waals surface area contributed by atoms with E-state index in [1.54, 1.807) is 36.8 Å². The third-order valence-corrected chi connectivity index (χ3v) is 6.07. The number of aliphatic hydroxyl groups is 1. The quantitative estimate of drug-likeness (QED) is 0.498. The number of hydrogen-bond donors (Lipinski definition) is 2. The van der Waals surface area contributed by atoms with Crippen molar-refractivity contribution < 1.29 is 24.5 Å². The van der Waals surface area contributed by atoms with Crippen LogP contribution in [0.3, 0.4) is 0 Å². The Balaban J connectivity index is 1.77. The van der Waals surface area contributed by atoms with Crippen LogP contribution < -0.4 is 5.56 Å². The molecule has 2 N–H and O–H groups in total. The van der Waals surface area contributed by atoms with Gasteiger partial charge >= 0.3 is 5.97 Å². The molecule has 0 saturated carbocycles. The highest BCUT2D eigenvalue weighted by atomic mass is 16.6. The van der Waals surface area contributed by atoms with Crippen LogP contribution in [0.5, 0.6) is 5.75 Å². The highest BCUT2D eigenvalue weighted by molar-refractivity contribution is 5.89. The minimum absolute atomic E-state index is 0.0966. The third kappa shape index (κ3) is 2.37. The Morgan fingerprint density at radius 2 is 2.10 bits per heavy atom. The first-order chi connectivity index (χ1) is 14.4. The molecule has 0 unspecified atom stereocenters. The summed E-state index contributed by atoms with van der Waals surface area (Å²) in [6, 6.07) is 6.87. The van der Waals surface area contributed by atoms with E-state index < -0.39 is 11.6 Å². The molecule has 0 fully saturated rings. The number of ether oxygens (including phenoxy) is 2. The average molecular weight is 408 g/mol. The number of phenolic OH excluding ortho intramolecular Hbond substituents is 1. The van der Waals surface area contributed by atoms with E-state index in [0.29, 0.717) is 29.0 Å². The number of carbonyl (C=O) groups excluding carboxylic acids is 1. The summed E-state index contributed by atoms with van der Waals surface area (Å²) in [4.78, 5) is 30.2. The number of nitrogens with zero attached hydrogens (tertiary/aromatic N) is 2. The van der Waals surface area contributed by atoms with Gasteiger partial charge in [-0.15, -0.1) is 0 Å². The fraction of sp³-hybridized carbons (Fsp3) is 0.318. The van der Waals surface area contributed by atoms with Crippen molar-refractivity contribution in [3.63, 3.8) is 0 Å². The van der Waals surface area contributed by atoms with Crippen molar-refractivity contribution in [2.75, 3.05) is 7.11 Å². The maximum atomic E-state index is 13.2. The number of benzene rings is 1. The predicted octanol–water partition coefficient (Wildman–Crippen LogP) is 1.93. The zero-order chi connectivity index (χ0) is 21.2. The predicted molar refractivity (Wildman–Crippen MR) is 107 cm³/mol. The second kappa shape index (κ2) is 6.38. The second-order valence-corrected chi connectivity index (χ2v) is 7.66. The van der Waals surface area contributed by atoms with E-state index in [1.807, 2.05) is 6.07 Å². The van der Waals surface area contributed by atoms with Crippen LogP contribution in [-0.4, -0.2) is 32.8 Å². The largest absolute Gasteiger partial charge is 0.508 e. The monoisotopic (exact) mass is 408 g/mol. The summed E-state index contributed by atoms with van der Waals surface area (Å²) in [7, 11) is 1.55. The molecule has 0 aliphatic carbocycles. The van der Waals surface area contributed by atoms with Gasteiger partial charge in [0.1, 0.15) is 12.4 Å². The van der Waals surface area contributed by atoms with Gasteiger partial charge in [0.2, 0.25) is 0 Å². The molecule has 0 amide bonds. The summed E-state index contributed by atoms with van der Waals surface area (Å²) < 4.78 is 11.9. The molecule has 2 aliphatic heterocycles. The van der Waals surface area contributed by atoms with Crippen molar-refractivity contribution in [3.05, 3.63) is 56.9 Å². The van der Waals surface area contributed by atoms with Gasteiger partial charge in [0, 0.05) is 29.2 Å². The van der Waals surface area contributed by atoms with Gasteiger partial charge in [0.05, 0.1) is 35.6 Å². The normalized spacial score (nSPS) is 19.4. The van der Waals surface area contributed by atoms with Gasteiger partial charge in [-0.05, 0) is 30.7 Å². The molecule has 2 aliphatic rings. The molecule has 1 atom stereocenters. The molecule has 0 saturated heterocycles. The van der Waals surface area contributed by atoms with E-state index >= 15 is 0 Å². The van der Waals surface area contributed by atoms with Crippen LogP contribution in [0.25, 0.3) is 22.3 Å². The molecular weight excluding hydrogens is 388 g/mol. The van der Waals surface area contributed by atoms with Crippen molar-refractivity contribution in [1.29, 1.82) is 0 Å². The Kier molecular flexibility index (Phi) is 4.00. The van der Waals surface area contributed by atoms with Crippen LogP contribution in [0.1, 0.15) is 35.6 Å². The smallest absolute Gasteiger partial charge is 0.343 e. The van der Waals surface area contributed by atoms with E-state index in [0.717, 1.165) is 10.9 Å². The summed E-state index contributed by atoms with van der Waals surface area (Å²) in [5.74, 6) is -0.621. The second-order valence-electron chi connectivity index (χ2n) is 7.66. The van der Waals surface area contributed by atoms with Crippen molar-refractivity contribution in [3.8, 4) is 17.1 Å². The maximum absolute atomic E-state index is 13.2. The molecule has 154 valence electrons. The highest BCUT2D eigenvalue weighted by Gasteiger charge is 2.45. The molecule has 1 aromatic carbocycles. The molecule has 0 spiro atoms. The first-order valence-electron chi connectivity index (χ1n) is 9.69. The number of hydrogen-bond acceptors (Lipinski definition) is 7. The Labute approximate surface area is 171 Å². The zero-order valence-electron chi connectivity index (χ0n) is 16.6. The molecule has 8 nitrogen and oxygen atoms in total. The van der Waals surface area contributed by atoms with E-state index in [2.05, 4.69) is 0 Å². The maximum Gasteiger partial charge on any atom is 0.343 e. The van der Waals surface area contributed by atoms with E-state index in [9.17, 15) is 19.8 Å². The lowest BCUT2D eigenvalue weighted by Crippen LogP contribution is -2.44. The number of cyclic esters (lactones) is 1. The van der Waals surface area contributed by atoms with E-state index in [4.69, 9.17) is 14.5 Å². The number of rotatable bonds is 3. The van der Waals surface area contributed by atoms with Crippen molar-refractivity contribution in [1.82, 2.24) is 9.55 Å². The lowest BCUT2D eigenvalue weighted by molar-refractivity contribution is -0.172. The number of methoxy groups -OCH3 is 1. The highest BCUT2D eigenvalue weighted by Crippen LogP contribution is 2.39. The number of fused-ring (bicyclic) bond motifs is 5. The van der Waals surface area contributed by atoms with Crippen LogP contribution >= 0.6 is 0 Å². The molecular formula is C22H20N2O6. The fourth-order valence-electron chi connectivity index (χ4n) is 4.40. The summed E-state index contributed by atoms with van der Waals surface area (Å²) in [6.07, 6.45) is 0.0966. The summed E-state index contributed by atoms with van der Waals surface area (Å²) in [5.41, 5.74) is 1.71. The summed E-state index contributed by atoms with van der Waals surface area (Å²) >= 11 is 0. The molecule has 0 radical (unpaired) electrons. The number of aromatic nitrogens is 2. The van der Waals surface area contributed by atoms with Crippen LogP contribution in [0.15, 0.2) is 29.1 Å². The minimum atomic E-state index is -1.85.